The third kappa shape index (κ3) is 1.85. The second-order valence-electron chi connectivity index (χ2n) is 3.53. The normalized spacial score (nSPS) is 10.9. The molecule has 0 N–H and O–H groups in total. The van der Waals surface area contributed by atoms with Crippen molar-refractivity contribution in [2.24, 2.45) is 0 Å². The minimum atomic E-state index is -0.437. The lowest BCUT2D eigenvalue weighted by atomic mass is 10.3. The van der Waals surface area contributed by atoms with E-state index in [0.29, 0.717) is 26.9 Å². The molecule has 7 heteroatoms. The Balaban J connectivity index is 2.10. The zero-order valence-corrected chi connectivity index (χ0v) is 10.4. The van der Waals surface area contributed by atoms with Crippen LogP contribution in [0, 0.1) is 10.1 Å². The van der Waals surface area contributed by atoms with E-state index in [1.54, 1.807) is 24.3 Å². The number of halogens is 1. The number of oxazole rings is 1. The lowest BCUT2D eigenvalue weighted by Gasteiger charge is -1.86. The minimum absolute atomic E-state index is 0.0605. The average molecular weight is 281 g/mol. The van der Waals surface area contributed by atoms with Crippen LogP contribution >= 0.6 is 22.9 Å². The highest BCUT2D eigenvalue weighted by Gasteiger charge is 2.15. The Labute approximate surface area is 110 Å². The molecule has 0 fully saturated rings. The SMILES string of the molecule is O=[N+]([O-])c1ccc(-c2nc3cc(Cl)ccc3o2)s1. The highest BCUT2D eigenvalue weighted by molar-refractivity contribution is 7.18. The maximum atomic E-state index is 10.6. The lowest BCUT2D eigenvalue weighted by molar-refractivity contribution is -0.380. The van der Waals surface area contributed by atoms with E-state index >= 15 is 0 Å². The van der Waals surface area contributed by atoms with Gasteiger partial charge in [0.15, 0.2) is 5.58 Å². The van der Waals surface area contributed by atoms with E-state index in [-0.39, 0.29) is 5.00 Å². The highest BCUT2D eigenvalue weighted by atomic mass is 35.5. The maximum Gasteiger partial charge on any atom is 0.324 e. The van der Waals surface area contributed by atoms with Crippen molar-refractivity contribution >= 4 is 39.0 Å². The van der Waals surface area contributed by atoms with Gasteiger partial charge >= 0.3 is 5.00 Å². The van der Waals surface area contributed by atoms with Gasteiger partial charge < -0.3 is 4.42 Å². The number of thiophene rings is 1. The summed E-state index contributed by atoms with van der Waals surface area (Å²) < 4.78 is 5.52. The number of rotatable bonds is 2. The summed E-state index contributed by atoms with van der Waals surface area (Å²) in [5.74, 6) is 0.366. The van der Waals surface area contributed by atoms with Gasteiger partial charge in [-0.15, -0.1) is 0 Å². The van der Waals surface area contributed by atoms with Crippen molar-refractivity contribution < 1.29 is 9.34 Å². The van der Waals surface area contributed by atoms with Crippen molar-refractivity contribution in [2.75, 3.05) is 0 Å². The topological polar surface area (TPSA) is 69.2 Å². The Morgan fingerprint density at radius 2 is 2.17 bits per heavy atom. The Kier molecular flexibility index (Phi) is 2.53. The molecule has 90 valence electrons. The molecular weight excluding hydrogens is 276 g/mol. The van der Waals surface area contributed by atoms with Crippen molar-refractivity contribution in [2.45, 2.75) is 0 Å². The molecule has 2 aromatic heterocycles. The van der Waals surface area contributed by atoms with Crippen LogP contribution in [0.15, 0.2) is 34.7 Å². The molecule has 3 rings (SSSR count). The lowest BCUT2D eigenvalue weighted by Crippen LogP contribution is -1.80. The first kappa shape index (κ1) is 11.2. The molecule has 0 radical (unpaired) electrons. The van der Waals surface area contributed by atoms with Crippen molar-refractivity contribution in [3.05, 3.63) is 45.5 Å². The quantitative estimate of drug-likeness (QED) is 0.523. The number of aromatic nitrogens is 1. The zero-order chi connectivity index (χ0) is 12.7. The van der Waals surface area contributed by atoms with Gasteiger partial charge in [-0.3, -0.25) is 10.1 Å². The van der Waals surface area contributed by atoms with Crippen molar-refractivity contribution in [3.8, 4) is 10.8 Å². The monoisotopic (exact) mass is 280 g/mol. The molecule has 0 aliphatic rings. The van der Waals surface area contributed by atoms with Gasteiger partial charge in [0.1, 0.15) is 5.52 Å². The van der Waals surface area contributed by atoms with Crippen molar-refractivity contribution in [3.63, 3.8) is 0 Å². The molecule has 0 bridgehead atoms. The van der Waals surface area contributed by atoms with Crippen LogP contribution in [0.5, 0.6) is 0 Å². The molecule has 0 aliphatic heterocycles. The number of fused-ring (bicyclic) bond motifs is 1. The van der Waals surface area contributed by atoms with Gasteiger partial charge in [-0.25, -0.2) is 4.98 Å². The van der Waals surface area contributed by atoms with E-state index in [1.807, 2.05) is 0 Å². The average Bonchev–Trinajstić information content (AvgIpc) is 2.93. The Morgan fingerprint density at radius 1 is 1.33 bits per heavy atom. The molecule has 3 aromatic rings. The van der Waals surface area contributed by atoms with E-state index in [1.165, 1.54) is 6.07 Å². The molecule has 0 amide bonds. The second-order valence-corrected chi connectivity index (χ2v) is 5.02. The molecule has 18 heavy (non-hydrogen) atoms. The first-order chi connectivity index (χ1) is 8.63. The molecule has 1 aromatic carbocycles. The van der Waals surface area contributed by atoms with Crippen LogP contribution in [0.25, 0.3) is 21.9 Å². The fraction of sp³-hybridized carbons (Fsp3) is 0. The summed E-state index contributed by atoms with van der Waals surface area (Å²) in [6, 6.07) is 8.16. The van der Waals surface area contributed by atoms with Gasteiger partial charge in [0.2, 0.25) is 5.89 Å². The number of hydrogen-bond acceptors (Lipinski definition) is 5. The van der Waals surface area contributed by atoms with Gasteiger partial charge in [0.05, 0.1) is 9.80 Å². The molecule has 0 spiro atoms. The molecular formula is C11H5ClN2O3S. The van der Waals surface area contributed by atoms with Crippen molar-refractivity contribution in [1.82, 2.24) is 4.98 Å². The van der Waals surface area contributed by atoms with E-state index in [0.717, 1.165) is 11.3 Å². The van der Waals surface area contributed by atoms with Crippen LogP contribution in [-0.2, 0) is 0 Å². The molecule has 0 saturated heterocycles. The van der Waals surface area contributed by atoms with Gasteiger partial charge in [-0.1, -0.05) is 22.9 Å². The summed E-state index contributed by atoms with van der Waals surface area (Å²) >= 11 is 6.88. The first-order valence-electron chi connectivity index (χ1n) is 4.94. The van der Waals surface area contributed by atoms with Crippen LogP contribution < -0.4 is 0 Å². The van der Waals surface area contributed by atoms with Gasteiger partial charge in [-0.05, 0) is 24.3 Å². The van der Waals surface area contributed by atoms with Gasteiger partial charge in [-0.2, -0.15) is 0 Å². The molecule has 0 aliphatic carbocycles. The fourth-order valence-electron chi connectivity index (χ4n) is 1.55. The summed E-state index contributed by atoms with van der Waals surface area (Å²) in [4.78, 5) is 15.0. The predicted octanol–water partition coefficient (Wildman–Crippen LogP) is 4.12. The largest absolute Gasteiger partial charge is 0.435 e. The van der Waals surface area contributed by atoms with Crippen LogP contribution in [-0.4, -0.2) is 9.91 Å². The fourth-order valence-corrected chi connectivity index (χ4v) is 2.46. The van der Waals surface area contributed by atoms with Crippen molar-refractivity contribution in [1.29, 1.82) is 0 Å². The van der Waals surface area contributed by atoms with Crippen LogP contribution in [0.3, 0.4) is 0 Å². The maximum absolute atomic E-state index is 10.6. The summed E-state index contributed by atoms with van der Waals surface area (Å²) in [5, 5.41) is 11.2. The van der Waals surface area contributed by atoms with Crippen LogP contribution in [0.2, 0.25) is 5.02 Å². The number of nitrogens with zero attached hydrogens (tertiary/aromatic N) is 2. The summed E-state index contributed by atoms with van der Waals surface area (Å²) in [7, 11) is 0. The highest BCUT2D eigenvalue weighted by Crippen LogP contribution is 2.34. The third-order valence-electron chi connectivity index (χ3n) is 2.33. The number of hydrogen-bond donors (Lipinski definition) is 0. The minimum Gasteiger partial charge on any atom is -0.435 e. The molecule has 0 unspecified atom stereocenters. The van der Waals surface area contributed by atoms with Gasteiger partial charge in [0.25, 0.3) is 0 Å². The van der Waals surface area contributed by atoms with E-state index in [4.69, 9.17) is 16.0 Å². The standard InChI is InChI=1S/C11H5ClN2O3S/c12-6-1-2-8-7(5-6)13-11(17-8)9-3-4-10(18-9)14(15)16/h1-5H. The molecule has 0 atom stereocenters. The van der Waals surface area contributed by atoms with E-state index < -0.39 is 4.92 Å². The number of nitro groups is 1. The summed E-state index contributed by atoms with van der Waals surface area (Å²) in [6.45, 7) is 0. The summed E-state index contributed by atoms with van der Waals surface area (Å²) in [6.07, 6.45) is 0. The zero-order valence-electron chi connectivity index (χ0n) is 8.79. The smallest absolute Gasteiger partial charge is 0.324 e. The number of benzene rings is 1. The first-order valence-corrected chi connectivity index (χ1v) is 6.13. The molecule has 0 saturated carbocycles. The Bertz CT molecular complexity index is 750. The molecule has 5 nitrogen and oxygen atoms in total. The van der Waals surface area contributed by atoms with Crippen LogP contribution in [0.1, 0.15) is 0 Å². The van der Waals surface area contributed by atoms with Gasteiger partial charge in [0, 0.05) is 11.1 Å². The van der Waals surface area contributed by atoms with Crippen LogP contribution in [0.4, 0.5) is 5.00 Å². The van der Waals surface area contributed by atoms with E-state index in [2.05, 4.69) is 4.98 Å². The Morgan fingerprint density at radius 3 is 2.89 bits per heavy atom. The third-order valence-corrected chi connectivity index (χ3v) is 3.59. The summed E-state index contributed by atoms with van der Waals surface area (Å²) in [5.41, 5.74) is 1.24. The Hall–Kier alpha value is -1.92. The second kappa shape index (κ2) is 4.08. The molecule has 2 heterocycles. The predicted molar refractivity (Wildman–Crippen MR) is 69.0 cm³/mol. The van der Waals surface area contributed by atoms with E-state index in [9.17, 15) is 10.1 Å².